The molecule has 0 saturated heterocycles. The summed E-state index contributed by atoms with van der Waals surface area (Å²) in [6.45, 7) is 0. The Morgan fingerprint density at radius 2 is 0.962 bits per heavy atom. The number of furan rings is 2. The molecule has 0 atom stereocenters. The lowest BCUT2D eigenvalue weighted by atomic mass is 9.96. The molecule has 0 N–H and O–H groups in total. The van der Waals surface area contributed by atoms with Crippen molar-refractivity contribution in [2.45, 2.75) is 0 Å². The maximum atomic E-state index is 6.86. The second-order valence-electron chi connectivity index (χ2n) is 13.2. The van der Waals surface area contributed by atoms with Crippen molar-refractivity contribution in [1.82, 2.24) is 15.0 Å². The number of aromatic nitrogens is 3. The van der Waals surface area contributed by atoms with Crippen LogP contribution in [0.4, 0.5) is 0 Å². The van der Waals surface area contributed by atoms with Crippen molar-refractivity contribution in [2.24, 2.45) is 0 Å². The molecule has 0 unspecified atom stereocenters. The molecular weight excluding hydrogens is 639 g/mol. The summed E-state index contributed by atoms with van der Waals surface area (Å²) in [6.07, 6.45) is 0. The molecule has 242 valence electrons. The van der Waals surface area contributed by atoms with Crippen molar-refractivity contribution < 1.29 is 8.83 Å². The average molecular weight is 666 g/mol. The summed E-state index contributed by atoms with van der Waals surface area (Å²) in [4.78, 5) is 15.5. The van der Waals surface area contributed by atoms with Crippen molar-refractivity contribution in [3.05, 3.63) is 164 Å². The van der Waals surface area contributed by atoms with Gasteiger partial charge in [0, 0.05) is 38.2 Å². The number of para-hydroxylation sites is 2. The van der Waals surface area contributed by atoms with E-state index in [9.17, 15) is 0 Å². The van der Waals surface area contributed by atoms with Gasteiger partial charge in [-0.25, -0.2) is 15.0 Å². The van der Waals surface area contributed by atoms with Crippen LogP contribution in [0, 0.1) is 0 Å². The Morgan fingerprint density at radius 1 is 0.327 bits per heavy atom. The number of benzene rings is 8. The highest BCUT2D eigenvalue weighted by Gasteiger charge is 2.22. The number of fused-ring (bicyclic) bond motifs is 8. The van der Waals surface area contributed by atoms with E-state index in [0.29, 0.717) is 17.5 Å². The van der Waals surface area contributed by atoms with Gasteiger partial charge in [-0.15, -0.1) is 0 Å². The Bertz CT molecular complexity index is 3190. The van der Waals surface area contributed by atoms with E-state index in [1.807, 2.05) is 60.7 Å². The first-order chi connectivity index (χ1) is 25.7. The van der Waals surface area contributed by atoms with Crippen molar-refractivity contribution in [2.75, 3.05) is 0 Å². The minimum absolute atomic E-state index is 0.540. The Balaban J connectivity index is 1.22. The smallest absolute Gasteiger partial charge is 0.167 e. The molecule has 0 saturated carbocycles. The third-order valence-electron chi connectivity index (χ3n) is 10.1. The molecule has 0 spiro atoms. The van der Waals surface area contributed by atoms with Gasteiger partial charge < -0.3 is 8.83 Å². The third-order valence-corrected chi connectivity index (χ3v) is 10.1. The lowest BCUT2D eigenvalue weighted by molar-refractivity contribution is 0.669. The highest BCUT2D eigenvalue weighted by molar-refractivity contribution is 6.18. The molecule has 0 aliphatic rings. The van der Waals surface area contributed by atoms with Gasteiger partial charge in [0.2, 0.25) is 0 Å². The molecule has 11 aromatic rings. The summed E-state index contributed by atoms with van der Waals surface area (Å²) >= 11 is 0. The van der Waals surface area contributed by atoms with Gasteiger partial charge in [-0.3, -0.25) is 0 Å². The molecule has 0 radical (unpaired) electrons. The highest BCUT2D eigenvalue weighted by atomic mass is 16.3. The second-order valence-corrected chi connectivity index (χ2v) is 13.2. The second kappa shape index (κ2) is 11.2. The monoisotopic (exact) mass is 665 g/mol. The predicted molar refractivity (Wildman–Crippen MR) is 211 cm³/mol. The quantitative estimate of drug-likeness (QED) is 0.187. The summed E-state index contributed by atoms with van der Waals surface area (Å²) in [5.74, 6) is 1.68. The van der Waals surface area contributed by atoms with Crippen LogP contribution in [-0.4, -0.2) is 15.0 Å². The zero-order valence-corrected chi connectivity index (χ0v) is 27.7. The van der Waals surface area contributed by atoms with Crippen LogP contribution >= 0.6 is 0 Å². The minimum Gasteiger partial charge on any atom is -0.455 e. The maximum absolute atomic E-state index is 6.86. The van der Waals surface area contributed by atoms with Crippen LogP contribution in [0.3, 0.4) is 0 Å². The van der Waals surface area contributed by atoms with E-state index >= 15 is 0 Å². The van der Waals surface area contributed by atoms with Crippen molar-refractivity contribution in [3.8, 4) is 45.3 Å². The van der Waals surface area contributed by atoms with E-state index in [-0.39, 0.29) is 0 Å². The molecule has 0 fully saturated rings. The van der Waals surface area contributed by atoms with Crippen LogP contribution < -0.4 is 0 Å². The van der Waals surface area contributed by atoms with Gasteiger partial charge in [0.1, 0.15) is 22.3 Å². The van der Waals surface area contributed by atoms with Crippen LogP contribution in [0.2, 0.25) is 0 Å². The SMILES string of the molecule is c1ccc(-c2nc(-c3cccc4c3oc3ccccc34)nc(-c3ccc(-c4ccc5ccccc5c4)c4oc5cc6ccccc6cc5c34)n2)cc1. The van der Waals surface area contributed by atoms with Crippen LogP contribution in [0.25, 0.3) is 111 Å². The molecule has 5 nitrogen and oxygen atoms in total. The normalized spacial score (nSPS) is 11.8. The number of rotatable bonds is 4. The van der Waals surface area contributed by atoms with Crippen LogP contribution in [0.1, 0.15) is 0 Å². The summed E-state index contributed by atoms with van der Waals surface area (Å²) in [6, 6.07) is 56.3. The number of hydrogen-bond donors (Lipinski definition) is 0. The Morgan fingerprint density at radius 3 is 1.81 bits per heavy atom. The van der Waals surface area contributed by atoms with Gasteiger partial charge in [-0.1, -0.05) is 121 Å². The van der Waals surface area contributed by atoms with Crippen molar-refractivity contribution >= 4 is 65.4 Å². The van der Waals surface area contributed by atoms with Gasteiger partial charge in [-0.2, -0.15) is 0 Å². The molecular formula is C47H27N3O2. The van der Waals surface area contributed by atoms with Crippen LogP contribution in [0.15, 0.2) is 173 Å². The Labute approximate surface area is 297 Å². The average Bonchev–Trinajstić information content (AvgIpc) is 3.78. The van der Waals surface area contributed by atoms with E-state index in [4.69, 9.17) is 23.8 Å². The van der Waals surface area contributed by atoms with Crippen molar-refractivity contribution in [1.29, 1.82) is 0 Å². The largest absolute Gasteiger partial charge is 0.455 e. The highest BCUT2D eigenvalue weighted by Crippen LogP contribution is 2.43. The molecule has 0 aliphatic carbocycles. The molecule has 3 heterocycles. The molecule has 0 amide bonds. The van der Waals surface area contributed by atoms with Gasteiger partial charge in [0.05, 0.1) is 5.56 Å². The summed E-state index contributed by atoms with van der Waals surface area (Å²) in [5, 5.41) is 8.67. The number of nitrogens with zero attached hydrogens (tertiary/aromatic N) is 3. The van der Waals surface area contributed by atoms with E-state index < -0.39 is 0 Å². The first kappa shape index (κ1) is 28.7. The van der Waals surface area contributed by atoms with Gasteiger partial charge in [0.25, 0.3) is 0 Å². The minimum atomic E-state index is 0.540. The summed E-state index contributed by atoms with van der Waals surface area (Å²) < 4.78 is 13.3. The zero-order chi connectivity index (χ0) is 34.2. The van der Waals surface area contributed by atoms with E-state index in [2.05, 4.69) is 103 Å². The fourth-order valence-corrected chi connectivity index (χ4v) is 7.59. The van der Waals surface area contributed by atoms with Crippen molar-refractivity contribution in [3.63, 3.8) is 0 Å². The first-order valence-corrected chi connectivity index (χ1v) is 17.3. The Kier molecular flexibility index (Phi) is 6.18. The standard InChI is InChI=1S/C47H27N3O2/c1-2-12-29(13-3-1)45-48-46(50-47(49-45)38-19-10-18-36-35-17-8-9-20-40(35)51-43(36)38)37-24-23-34(33-22-21-28-11-4-5-14-30(28)25-33)44-42(37)39-26-31-15-6-7-16-32(31)27-41(39)52-44/h1-27H. The zero-order valence-electron chi connectivity index (χ0n) is 27.7. The van der Waals surface area contributed by atoms with E-state index in [1.165, 1.54) is 10.8 Å². The fourth-order valence-electron chi connectivity index (χ4n) is 7.59. The van der Waals surface area contributed by atoms with Gasteiger partial charge >= 0.3 is 0 Å². The Hall–Kier alpha value is -7.11. The van der Waals surface area contributed by atoms with Crippen LogP contribution in [-0.2, 0) is 0 Å². The lowest BCUT2D eigenvalue weighted by Gasteiger charge is -2.11. The summed E-state index contributed by atoms with van der Waals surface area (Å²) in [7, 11) is 0. The topological polar surface area (TPSA) is 65.0 Å². The molecule has 3 aromatic heterocycles. The molecule has 0 aliphatic heterocycles. The summed E-state index contributed by atoms with van der Waals surface area (Å²) in [5.41, 5.74) is 7.84. The lowest BCUT2D eigenvalue weighted by Crippen LogP contribution is -2.00. The van der Waals surface area contributed by atoms with Crippen LogP contribution in [0.5, 0.6) is 0 Å². The molecule has 11 rings (SSSR count). The van der Waals surface area contributed by atoms with Gasteiger partial charge in [-0.05, 0) is 69.6 Å². The molecule has 8 aromatic carbocycles. The maximum Gasteiger partial charge on any atom is 0.167 e. The third kappa shape index (κ3) is 4.46. The molecule has 0 bridgehead atoms. The molecule has 52 heavy (non-hydrogen) atoms. The first-order valence-electron chi connectivity index (χ1n) is 17.3. The van der Waals surface area contributed by atoms with E-state index in [0.717, 1.165) is 82.5 Å². The predicted octanol–water partition coefficient (Wildman–Crippen LogP) is 12.6. The number of hydrogen-bond acceptors (Lipinski definition) is 5. The molecule has 5 heteroatoms. The van der Waals surface area contributed by atoms with E-state index in [1.54, 1.807) is 0 Å². The van der Waals surface area contributed by atoms with Gasteiger partial charge in [0.15, 0.2) is 17.5 Å². The fraction of sp³-hybridized carbons (Fsp3) is 0.